The second-order valence-corrected chi connectivity index (χ2v) is 8.70. The molecule has 1 unspecified atom stereocenters. The van der Waals surface area contributed by atoms with Crippen LogP contribution in [0.4, 0.5) is 0 Å². The van der Waals surface area contributed by atoms with Gasteiger partial charge in [-0.2, -0.15) is 0 Å². The van der Waals surface area contributed by atoms with Crippen LogP contribution in [-0.2, 0) is 6.54 Å². The van der Waals surface area contributed by atoms with Crippen LogP contribution in [0.15, 0.2) is 18.2 Å². The van der Waals surface area contributed by atoms with Gasteiger partial charge in [-0.3, -0.25) is 4.79 Å². The zero-order valence-corrected chi connectivity index (χ0v) is 15.6. The van der Waals surface area contributed by atoms with Crippen molar-refractivity contribution in [3.05, 3.63) is 29.3 Å². The van der Waals surface area contributed by atoms with E-state index in [0.717, 1.165) is 37.8 Å². The van der Waals surface area contributed by atoms with Gasteiger partial charge in [-0.25, -0.2) is 0 Å². The summed E-state index contributed by atoms with van der Waals surface area (Å²) < 4.78 is 0. The molecule has 2 aliphatic carbocycles. The van der Waals surface area contributed by atoms with E-state index in [4.69, 9.17) is 0 Å². The van der Waals surface area contributed by atoms with Crippen LogP contribution < -0.4 is 0 Å². The van der Waals surface area contributed by atoms with Crippen LogP contribution in [0.5, 0.6) is 5.75 Å². The van der Waals surface area contributed by atoms with E-state index in [-0.39, 0.29) is 17.8 Å². The molecule has 2 N–H and O–H groups in total. The largest absolute Gasteiger partial charge is 0.508 e. The lowest BCUT2D eigenvalue weighted by atomic mass is 9.73. The van der Waals surface area contributed by atoms with Gasteiger partial charge in [0.2, 0.25) is 0 Å². The molecule has 1 aromatic rings. The van der Waals surface area contributed by atoms with E-state index >= 15 is 0 Å². The number of aliphatic hydroxyl groups excluding tert-OH is 1. The highest BCUT2D eigenvalue weighted by Crippen LogP contribution is 2.38. The van der Waals surface area contributed by atoms with Gasteiger partial charge in [-0.1, -0.05) is 25.3 Å². The Morgan fingerprint density at radius 3 is 2.42 bits per heavy atom. The Kier molecular flexibility index (Phi) is 5.21. The molecule has 0 bridgehead atoms. The molecular weight excluding hydrogens is 326 g/mol. The number of carbonyl (C=O) groups is 1. The SMILES string of the molecule is O=C1c2cc(O)ccc2CN1CC1CCC(C(O)C2CCCCC2)CC1. The summed E-state index contributed by atoms with van der Waals surface area (Å²) >= 11 is 0. The molecule has 1 amide bonds. The van der Waals surface area contributed by atoms with E-state index < -0.39 is 0 Å². The number of benzene rings is 1. The molecule has 1 aliphatic heterocycles. The van der Waals surface area contributed by atoms with Gasteiger partial charge in [0.15, 0.2) is 0 Å². The van der Waals surface area contributed by atoms with E-state index in [9.17, 15) is 15.0 Å². The summed E-state index contributed by atoms with van der Waals surface area (Å²) in [6, 6.07) is 5.11. The van der Waals surface area contributed by atoms with Crippen LogP contribution in [0.25, 0.3) is 0 Å². The standard InChI is InChI=1S/C22H31NO3/c24-19-11-10-18-14-23(22(26)20(18)12-19)13-15-6-8-17(9-7-15)21(25)16-4-2-1-3-5-16/h10-12,15-17,21,24-25H,1-9,13-14H2. The number of aromatic hydroxyl groups is 1. The lowest BCUT2D eigenvalue weighted by Crippen LogP contribution is -2.36. The average Bonchev–Trinajstić information content (AvgIpc) is 2.98. The molecule has 142 valence electrons. The highest BCUT2D eigenvalue weighted by Gasteiger charge is 2.34. The Labute approximate surface area is 156 Å². The summed E-state index contributed by atoms with van der Waals surface area (Å²) in [5, 5.41) is 20.4. The van der Waals surface area contributed by atoms with Gasteiger partial charge < -0.3 is 15.1 Å². The van der Waals surface area contributed by atoms with Crippen LogP contribution in [0, 0.1) is 17.8 Å². The Morgan fingerprint density at radius 2 is 1.69 bits per heavy atom. The fourth-order valence-corrected chi connectivity index (χ4v) is 5.38. The van der Waals surface area contributed by atoms with Crippen molar-refractivity contribution in [1.29, 1.82) is 0 Å². The van der Waals surface area contributed by atoms with Crippen molar-refractivity contribution < 1.29 is 15.0 Å². The monoisotopic (exact) mass is 357 g/mol. The number of nitrogens with zero attached hydrogens (tertiary/aromatic N) is 1. The summed E-state index contributed by atoms with van der Waals surface area (Å²) in [4.78, 5) is 14.5. The summed E-state index contributed by atoms with van der Waals surface area (Å²) in [6.07, 6.45) is 10.6. The van der Waals surface area contributed by atoms with Gasteiger partial charge in [-0.05, 0) is 74.0 Å². The molecule has 0 saturated heterocycles. The molecule has 1 aromatic carbocycles. The first kappa shape index (κ1) is 17.8. The molecule has 26 heavy (non-hydrogen) atoms. The predicted molar refractivity (Wildman–Crippen MR) is 101 cm³/mol. The van der Waals surface area contributed by atoms with Crippen LogP contribution in [0.3, 0.4) is 0 Å². The van der Waals surface area contributed by atoms with Gasteiger partial charge in [0, 0.05) is 18.7 Å². The van der Waals surface area contributed by atoms with Crippen LogP contribution in [0.2, 0.25) is 0 Å². The maximum atomic E-state index is 12.6. The first-order chi connectivity index (χ1) is 12.6. The third kappa shape index (κ3) is 3.62. The van der Waals surface area contributed by atoms with Gasteiger partial charge in [0.1, 0.15) is 5.75 Å². The number of phenolic OH excluding ortho intramolecular Hbond substituents is 1. The predicted octanol–water partition coefficient (Wildman–Crippen LogP) is 4.10. The van der Waals surface area contributed by atoms with Crippen molar-refractivity contribution in [1.82, 2.24) is 4.90 Å². The third-order valence-corrected chi connectivity index (χ3v) is 6.96. The minimum atomic E-state index is -0.114. The minimum absolute atomic E-state index is 0.0558. The number of carbonyl (C=O) groups excluding carboxylic acids is 1. The molecule has 3 aliphatic rings. The van der Waals surface area contributed by atoms with Crippen molar-refractivity contribution in [2.75, 3.05) is 6.54 Å². The van der Waals surface area contributed by atoms with E-state index in [1.54, 1.807) is 12.1 Å². The maximum absolute atomic E-state index is 12.6. The quantitative estimate of drug-likeness (QED) is 0.853. The highest BCUT2D eigenvalue weighted by molar-refractivity contribution is 5.98. The van der Waals surface area contributed by atoms with Crippen LogP contribution >= 0.6 is 0 Å². The van der Waals surface area contributed by atoms with Crippen molar-refractivity contribution in [3.63, 3.8) is 0 Å². The summed E-state index contributed by atoms with van der Waals surface area (Å²) in [6.45, 7) is 1.47. The van der Waals surface area contributed by atoms with Crippen molar-refractivity contribution in [2.45, 2.75) is 70.4 Å². The molecular formula is C22H31NO3. The van der Waals surface area contributed by atoms with Crippen LogP contribution in [-0.4, -0.2) is 33.7 Å². The van der Waals surface area contributed by atoms with Gasteiger partial charge in [0.05, 0.1) is 6.10 Å². The molecule has 0 radical (unpaired) electrons. The molecule has 2 saturated carbocycles. The number of fused-ring (bicyclic) bond motifs is 1. The highest BCUT2D eigenvalue weighted by atomic mass is 16.3. The fraction of sp³-hybridized carbons (Fsp3) is 0.682. The Balaban J connectivity index is 1.29. The summed E-state index contributed by atoms with van der Waals surface area (Å²) in [5.41, 5.74) is 1.68. The van der Waals surface area contributed by atoms with E-state index in [0.29, 0.717) is 29.9 Å². The summed E-state index contributed by atoms with van der Waals surface area (Å²) in [7, 11) is 0. The lowest BCUT2D eigenvalue weighted by molar-refractivity contribution is 0.00972. The van der Waals surface area contributed by atoms with Crippen molar-refractivity contribution in [2.24, 2.45) is 17.8 Å². The number of amides is 1. The number of rotatable bonds is 4. The van der Waals surface area contributed by atoms with E-state index in [1.807, 2.05) is 11.0 Å². The Bertz CT molecular complexity index is 645. The second-order valence-electron chi connectivity index (χ2n) is 8.70. The first-order valence-electron chi connectivity index (χ1n) is 10.4. The van der Waals surface area contributed by atoms with Gasteiger partial charge >= 0.3 is 0 Å². The molecule has 1 heterocycles. The molecule has 0 aromatic heterocycles. The van der Waals surface area contributed by atoms with Gasteiger partial charge in [-0.15, -0.1) is 0 Å². The lowest BCUT2D eigenvalue weighted by Gasteiger charge is -2.37. The number of phenols is 1. The van der Waals surface area contributed by atoms with E-state index in [2.05, 4.69) is 0 Å². The second kappa shape index (κ2) is 7.59. The Hall–Kier alpha value is -1.55. The minimum Gasteiger partial charge on any atom is -0.508 e. The number of hydrogen-bond donors (Lipinski definition) is 2. The normalized spacial score (nSPS) is 28.2. The van der Waals surface area contributed by atoms with Gasteiger partial charge in [0.25, 0.3) is 5.91 Å². The zero-order valence-electron chi connectivity index (χ0n) is 15.6. The zero-order chi connectivity index (χ0) is 18.1. The number of hydrogen-bond acceptors (Lipinski definition) is 3. The van der Waals surface area contributed by atoms with E-state index in [1.165, 1.54) is 32.1 Å². The topological polar surface area (TPSA) is 60.8 Å². The molecule has 4 heteroatoms. The van der Waals surface area contributed by atoms with Crippen molar-refractivity contribution >= 4 is 5.91 Å². The van der Waals surface area contributed by atoms with Crippen molar-refractivity contribution in [3.8, 4) is 5.75 Å². The molecule has 4 rings (SSSR count). The molecule has 4 nitrogen and oxygen atoms in total. The number of aliphatic hydroxyl groups is 1. The molecule has 1 atom stereocenters. The average molecular weight is 357 g/mol. The molecule has 0 spiro atoms. The first-order valence-corrected chi connectivity index (χ1v) is 10.4. The third-order valence-electron chi connectivity index (χ3n) is 6.96. The smallest absolute Gasteiger partial charge is 0.254 e. The van der Waals surface area contributed by atoms with Crippen LogP contribution in [0.1, 0.15) is 73.7 Å². The fourth-order valence-electron chi connectivity index (χ4n) is 5.38. The Morgan fingerprint density at radius 1 is 1.00 bits per heavy atom. The summed E-state index contributed by atoms with van der Waals surface area (Å²) in [5.74, 6) is 1.73. The maximum Gasteiger partial charge on any atom is 0.254 e. The molecule has 2 fully saturated rings.